The topological polar surface area (TPSA) is 35.5 Å². The highest BCUT2D eigenvalue weighted by Gasteiger charge is 1.96. The van der Waals surface area contributed by atoms with E-state index in [4.69, 9.17) is 4.74 Å². The van der Waals surface area contributed by atoms with E-state index in [-0.39, 0.29) is 0 Å². The van der Waals surface area contributed by atoms with Crippen molar-refractivity contribution in [3.63, 3.8) is 0 Å². The highest BCUT2D eigenvalue weighted by molar-refractivity contribution is 5.55. The molecule has 74 valence electrons. The average Bonchev–Trinajstić information content (AvgIpc) is 2.20. The number of hydrogen-bond acceptors (Lipinski definition) is 3. The smallest absolute Gasteiger partial charge is 0.297 e. The second-order valence-corrected chi connectivity index (χ2v) is 2.76. The molecule has 0 saturated heterocycles. The van der Waals surface area contributed by atoms with Crippen LogP contribution in [0.1, 0.15) is 11.1 Å². The van der Waals surface area contributed by atoms with Gasteiger partial charge in [0.05, 0.1) is 13.4 Å². The molecule has 0 aliphatic rings. The number of methoxy groups -OCH3 is 1. The molecule has 1 aromatic rings. The fourth-order valence-corrected chi connectivity index (χ4v) is 1.11. The number of carbonyl (C=O) groups excluding carboxylic acids is 1. The third-order valence-corrected chi connectivity index (χ3v) is 1.86. The summed E-state index contributed by atoms with van der Waals surface area (Å²) in [5, 5.41) is 0. The Labute approximate surface area is 83.0 Å². The average molecular weight is 192 g/mol. The van der Waals surface area contributed by atoms with Gasteiger partial charge in [-0.15, -0.1) is 0 Å². The lowest BCUT2D eigenvalue weighted by atomic mass is 10.1. The van der Waals surface area contributed by atoms with Gasteiger partial charge in [-0.05, 0) is 36.3 Å². The molecule has 0 fully saturated rings. The number of hydrogen-bond donors (Lipinski definition) is 0. The molecule has 3 nitrogen and oxygen atoms in total. The third-order valence-electron chi connectivity index (χ3n) is 1.86. The fraction of sp³-hybridized carbons (Fsp3) is 0.182. The molecule has 0 spiro atoms. The van der Waals surface area contributed by atoms with Gasteiger partial charge < -0.3 is 9.47 Å². The predicted octanol–water partition coefficient (Wildman–Crippen LogP) is 2.15. The van der Waals surface area contributed by atoms with Crippen LogP contribution < -0.4 is 4.74 Å². The van der Waals surface area contributed by atoms with E-state index in [0.29, 0.717) is 6.47 Å². The number of rotatable bonds is 4. The quantitative estimate of drug-likeness (QED) is 0.541. The summed E-state index contributed by atoms with van der Waals surface area (Å²) in [6.45, 7) is 2.35. The van der Waals surface area contributed by atoms with Gasteiger partial charge in [0.25, 0.3) is 6.47 Å². The van der Waals surface area contributed by atoms with Crippen LogP contribution in [0.3, 0.4) is 0 Å². The van der Waals surface area contributed by atoms with Crippen LogP contribution in [0.15, 0.2) is 24.5 Å². The Bertz CT molecular complexity index is 342. The van der Waals surface area contributed by atoms with Gasteiger partial charge in [-0.1, -0.05) is 6.07 Å². The molecular formula is C11H12O3. The highest BCUT2D eigenvalue weighted by Crippen LogP contribution is 2.17. The summed E-state index contributed by atoms with van der Waals surface area (Å²) in [5.41, 5.74) is 2.06. The third kappa shape index (κ3) is 2.62. The molecule has 3 heteroatoms. The van der Waals surface area contributed by atoms with Crippen LogP contribution in [0, 0.1) is 6.92 Å². The lowest BCUT2D eigenvalue weighted by Crippen LogP contribution is -1.86. The van der Waals surface area contributed by atoms with E-state index in [1.807, 2.05) is 25.1 Å². The second-order valence-electron chi connectivity index (χ2n) is 2.76. The standard InChI is InChI=1S/C11H12O3/c1-9-7-11(13-2)4-3-10(9)5-6-14-8-12/h3-8H,1-2H3/b6-5+. The van der Waals surface area contributed by atoms with Crippen LogP contribution in [-0.2, 0) is 9.53 Å². The van der Waals surface area contributed by atoms with Gasteiger partial charge in [0.1, 0.15) is 5.75 Å². The zero-order valence-electron chi connectivity index (χ0n) is 8.19. The monoisotopic (exact) mass is 192 g/mol. The molecule has 0 heterocycles. The molecule has 0 unspecified atom stereocenters. The van der Waals surface area contributed by atoms with Crippen molar-refractivity contribution in [1.29, 1.82) is 0 Å². The molecule has 0 atom stereocenters. The Morgan fingerprint density at radius 3 is 2.71 bits per heavy atom. The first kappa shape index (κ1) is 10.3. The van der Waals surface area contributed by atoms with Crippen LogP contribution in [0.5, 0.6) is 5.75 Å². The number of carbonyl (C=O) groups is 1. The Kier molecular flexibility index (Phi) is 3.73. The Morgan fingerprint density at radius 1 is 1.36 bits per heavy atom. The van der Waals surface area contributed by atoms with Crippen molar-refractivity contribution < 1.29 is 14.3 Å². The van der Waals surface area contributed by atoms with Gasteiger partial charge >= 0.3 is 0 Å². The zero-order valence-corrected chi connectivity index (χ0v) is 8.19. The normalized spacial score (nSPS) is 10.1. The van der Waals surface area contributed by atoms with Gasteiger partial charge in [-0.3, -0.25) is 4.79 Å². The molecular weight excluding hydrogens is 180 g/mol. The van der Waals surface area contributed by atoms with Gasteiger partial charge in [0.15, 0.2) is 0 Å². The molecule has 0 bridgehead atoms. The van der Waals surface area contributed by atoms with Crippen molar-refractivity contribution in [3.8, 4) is 5.75 Å². The van der Waals surface area contributed by atoms with E-state index in [0.717, 1.165) is 16.9 Å². The molecule has 1 rings (SSSR count). The van der Waals surface area contributed by atoms with E-state index in [9.17, 15) is 4.79 Å². The first-order chi connectivity index (χ1) is 6.77. The van der Waals surface area contributed by atoms with Crippen LogP contribution in [0.4, 0.5) is 0 Å². The molecule has 0 N–H and O–H groups in total. The van der Waals surface area contributed by atoms with Gasteiger partial charge in [-0.2, -0.15) is 0 Å². The maximum atomic E-state index is 9.89. The minimum atomic E-state index is 0.384. The SMILES string of the molecule is COc1ccc(/C=C/OC=O)c(C)c1. The summed E-state index contributed by atoms with van der Waals surface area (Å²) in [6.07, 6.45) is 3.07. The predicted molar refractivity (Wildman–Crippen MR) is 53.9 cm³/mol. The fourth-order valence-electron chi connectivity index (χ4n) is 1.11. The summed E-state index contributed by atoms with van der Waals surface area (Å²) in [6, 6.07) is 5.67. The molecule has 14 heavy (non-hydrogen) atoms. The number of benzene rings is 1. The van der Waals surface area contributed by atoms with E-state index in [2.05, 4.69) is 4.74 Å². The van der Waals surface area contributed by atoms with Gasteiger partial charge in [-0.25, -0.2) is 0 Å². The van der Waals surface area contributed by atoms with Crippen molar-refractivity contribution in [2.75, 3.05) is 7.11 Å². The highest BCUT2D eigenvalue weighted by atomic mass is 16.5. The first-order valence-corrected chi connectivity index (χ1v) is 4.18. The second kappa shape index (κ2) is 5.07. The maximum Gasteiger partial charge on any atom is 0.297 e. The van der Waals surface area contributed by atoms with Crippen molar-refractivity contribution in [1.82, 2.24) is 0 Å². The van der Waals surface area contributed by atoms with Crippen molar-refractivity contribution in [2.24, 2.45) is 0 Å². The molecule has 0 saturated carbocycles. The summed E-state index contributed by atoms with van der Waals surface area (Å²) in [5.74, 6) is 0.816. The zero-order chi connectivity index (χ0) is 10.4. The largest absolute Gasteiger partial charge is 0.497 e. The Morgan fingerprint density at radius 2 is 2.14 bits per heavy atom. The summed E-state index contributed by atoms with van der Waals surface area (Å²) in [7, 11) is 1.62. The van der Waals surface area contributed by atoms with Gasteiger partial charge in [0.2, 0.25) is 0 Å². The number of ether oxygens (including phenoxy) is 2. The van der Waals surface area contributed by atoms with Crippen molar-refractivity contribution in [3.05, 3.63) is 35.6 Å². The van der Waals surface area contributed by atoms with E-state index >= 15 is 0 Å². The van der Waals surface area contributed by atoms with Gasteiger partial charge in [0, 0.05) is 0 Å². The Balaban J connectivity index is 2.83. The van der Waals surface area contributed by atoms with Crippen molar-refractivity contribution in [2.45, 2.75) is 6.92 Å². The molecule has 0 radical (unpaired) electrons. The molecule has 0 aliphatic heterocycles. The summed E-state index contributed by atoms with van der Waals surface area (Å²) >= 11 is 0. The first-order valence-electron chi connectivity index (χ1n) is 4.18. The van der Waals surface area contributed by atoms with Crippen LogP contribution >= 0.6 is 0 Å². The van der Waals surface area contributed by atoms with Crippen LogP contribution in [-0.4, -0.2) is 13.6 Å². The van der Waals surface area contributed by atoms with Crippen LogP contribution in [0.25, 0.3) is 6.08 Å². The maximum absolute atomic E-state index is 9.89. The summed E-state index contributed by atoms with van der Waals surface area (Å²) in [4.78, 5) is 9.89. The molecule has 1 aromatic carbocycles. The van der Waals surface area contributed by atoms with Crippen molar-refractivity contribution >= 4 is 12.5 Å². The molecule has 0 amide bonds. The summed E-state index contributed by atoms with van der Waals surface area (Å²) < 4.78 is 9.52. The minimum absolute atomic E-state index is 0.384. The van der Waals surface area contributed by atoms with E-state index in [1.165, 1.54) is 6.26 Å². The molecule has 0 aromatic heterocycles. The Hall–Kier alpha value is -1.77. The van der Waals surface area contributed by atoms with E-state index < -0.39 is 0 Å². The lowest BCUT2D eigenvalue weighted by molar-refractivity contribution is -0.123. The van der Waals surface area contributed by atoms with Crippen LogP contribution in [0.2, 0.25) is 0 Å². The van der Waals surface area contributed by atoms with E-state index in [1.54, 1.807) is 13.2 Å². The number of aryl methyl sites for hydroxylation is 1. The lowest BCUT2D eigenvalue weighted by Gasteiger charge is -2.03. The minimum Gasteiger partial charge on any atom is -0.497 e. The molecule has 0 aliphatic carbocycles.